The Kier molecular flexibility index (Phi) is 5.94. The minimum atomic E-state index is -5.02. The predicted octanol–water partition coefficient (Wildman–Crippen LogP) is 4.41. The largest absolute Gasteiger partial charge is 0.483 e. The van der Waals surface area contributed by atoms with Crippen molar-refractivity contribution in [1.29, 1.82) is 0 Å². The highest BCUT2D eigenvalue weighted by atomic mass is 19.4. The first-order valence-corrected chi connectivity index (χ1v) is 9.93. The standard InChI is InChI=1S/C21H27F3N2O3/c1-13-9-14(2)19(15(3)10-13)29-12-18(27)26-20(28,21(22,23)24)11-17(25-26)16-7-5-4-6-8-16/h9-10,16,28H,4-8,11-12H2,1-3H3. The van der Waals surface area contributed by atoms with E-state index in [0.29, 0.717) is 5.75 Å². The molecule has 29 heavy (non-hydrogen) atoms. The molecule has 1 amide bonds. The zero-order chi connectivity index (χ0) is 21.4. The summed E-state index contributed by atoms with van der Waals surface area (Å²) in [6.45, 7) is 4.90. The van der Waals surface area contributed by atoms with Crippen molar-refractivity contribution in [3.63, 3.8) is 0 Å². The summed E-state index contributed by atoms with van der Waals surface area (Å²) in [5, 5.41) is 14.6. The second-order valence-electron chi connectivity index (χ2n) is 8.14. The van der Waals surface area contributed by atoms with Gasteiger partial charge in [-0.3, -0.25) is 4.79 Å². The van der Waals surface area contributed by atoms with E-state index in [-0.39, 0.29) is 16.6 Å². The second-order valence-corrected chi connectivity index (χ2v) is 8.14. The van der Waals surface area contributed by atoms with Crippen LogP contribution in [0, 0.1) is 26.7 Å². The van der Waals surface area contributed by atoms with Crippen LogP contribution in [0.3, 0.4) is 0 Å². The number of ether oxygens (including phenoxy) is 1. The van der Waals surface area contributed by atoms with E-state index in [2.05, 4.69) is 5.10 Å². The summed E-state index contributed by atoms with van der Waals surface area (Å²) in [5.74, 6) is -0.692. The number of halogens is 3. The van der Waals surface area contributed by atoms with E-state index in [0.717, 1.165) is 48.8 Å². The van der Waals surface area contributed by atoms with Gasteiger partial charge in [-0.05, 0) is 50.7 Å². The molecular formula is C21H27F3N2O3. The monoisotopic (exact) mass is 412 g/mol. The van der Waals surface area contributed by atoms with Crippen LogP contribution in [0.15, 0.2) is 17.2 Å². The van der Waals surface area contributed by atoms with E-state index in [4.69, 9.17) is 4.74 Å². The zero-order valence-corrected chi connectivity index (χ0v) is 17.0. The maximum Gasteiger partial charge on any atom is 0.438 e. The molecule has 0 spiro atoms. The van der Waals surface area contributed by atoms with E-state index in [1.807, 2.05) is 19.1 Å². The van der Waals surface area contributed by atoms with Crippen LogP contribution in [0.2, 0.25) is 0 Å². The van der Waals surface area contributed by atoms with Crippen molar-refractivity contribution in [3.05, 3.63) is 28.8 Å². The molecule has 2 aliphatic rings. The molecule has 1 aromatic rings. The Hall–Kier alpha value is -2.09. The Morgan fingerprint density at radius 2 is 1.79 bits per heavy atom. The average molecular weight is 412 g/mol. The Labute approximate surface area is 168 Å². The number of carbonyl (C=O) groups is 1. The summed E-state index contributed by atoms with van der Waals surface area (Å²) in [7, 11) is 0. The van der Waals surface area contributed by atoms with Crippen LogP contribution in [0.4, 0.5) is 13.2 Å². The lowest BCUT2D eigenvalue weighted by atomic mass is 9.83. The molecule has 1 aliphatic heterocycles. The van der Waals surface area contributed by atoms with Gasteiger partial charge in [0, 0.05) is 12.1 Å². The van der Waals surface area contributed by atoms with Gasteiger partial charge in [0.2, 0.25) is 0 Å². The summed E-state index contributed by atoms with van der Waals surface area (Å²) >= 11 is 0. The third-order valence-corrected chi connectivity index (χ3v) is 5.72. The highest BCUT2D eigenvalue weighted by Crippen LogP contribution is 2.43. The van der Waals surface area contributed by atoms with Crippen molar-refractivity contribution in [2.75, 3.05) is 6.61 Å². The molecule has 5 nitrogen and oxygen atoms in total. The third kappa shape index (κ3) is 4.27. The number of hydrogen-bond donors (Lipinski definition) is 1. The second kappa shape index (κ2) is 7.97. The number of amides is 1. The minimum Gasteiger partial charge on any atom is -0.483 e. The fourth-order valence-corrected chi connectivity index (χ4v) is 4.31. The summed E-state index contributed by atoms with van der Waals surface area (Å²) in [4.78, 5) is 12.6. The number of benzene rings is 1. The average Bonchev–Trinajstić information content (AvgIpc) is 3.00. The van der Waals surface area contributed by atoms with Gasteiger partial charge in [-0.15, -0.1) is 0 Å². The van der Waals surface area contributed by atoms with Crippen molar-refractivity contribution in [3.8, 4) is 5.75 Å². The van der Waals surface area contributed by atoms with Crippen LogP contribution >= 0.6 is 0 Å². The lowest BCUT2D eigenvalue weighted by Gasteiger charge is -2.32. The summed E-state index contributed by atoms with van der Waals surface area (Å²) in [6.07, 6.45) is -1.39. The van der Waals surface area contributed by atoms with Crippen molar-refractivity contribution in [2.24, 2.45) is 11.0 Å². The van der Waals surface area contributed by atoms with Gasteiger partial charge in [-0.2, -0.15) is 23.3 Å². The van der Waals surface area contributed by atoms with Gasteiger partial charge in [0.05, 0.1) is 0 Å². The number of aliphatic hydroxyl groups is 1. The third-order valence-electron chi connectivity index (χ3n) is 5.72. The molecule has 0 radical (unpaired) electrons. The highest BCUT2D eigenvalue weighted by molar-refractivity contribution is 5.92. The first kappa shape index (κ1) is 21.6. The molecule has 1 saturated carbocycles. The van der Waals surface area contributed by atoms with Crippen LogP contribution in [0.5, 0.6) is 5.75 Å². The van der Waals surface area contributed by atoms with Crippen molar-refractivity contribution in [2.45, 2.75) is 71.2 Å². The van der Waals surface area contributed by atoms with E-state index in [1.54, 1.807) is 13.8 Å². The molecule has 1 atom stereocenters. The molecule has 160 valence electrons. The van der Waals surface area contributed by atoms with Gasteiger partial charge in [0.15, 0.2) is 6.61 Å². The van der Waals surface area contributed by atoms with E-state index in [9.17, 15) is 23.1 Å². The fraction of sp³-hybridized carbons (Fsp3) is 0.619. The molecule has 0 saturated heterocycles. The quantitative estimate of drug-likeness (QED) is 0.797. The van der Waals surface area contributed by atoms with Crippen LogP contribution < -0.4 is 4.74 Å². The fourth-order valence-electron chi connectivity index (χ4n) is 4.31. The molecule has 1 unspecified atom stereocenters. The Bertz CT molecular complexity index is 793. The Balaban J connectivity index is 1.81. The van der Waals surface area contributed by atoms with Gasteiger partial charge in [0.1, 0.15) is 5.75 Å². The van der Waals surface area contributed by atoms with Crippen molar-refractivity contribution < 1.29 is 27.8 Å². The van der Waals surface area contributed by atoms with Crippen LogP contribution in [-0.2, 0) is 4.79 Å². The van der Waals surface area contributed by atoms with Crippen LogP contribution in [-0.4, -0.2) is 40.2 Å². The van der Waals surface area contributed by atoms with E-state index < -0.39 is 30.8 Å². The number of hydrazone groups is 1. The minimum absolute atomic E-state index is 0.127. The smallest absolute Gasteiger partial charge is 0.438 e. The molecule has 1 heterocycles. The first-order chi connectivity index (χ1) is 13.5. The summed E-state index contributed by atoms with van der Waals surface area (Å²) in [5.41, 5.74) is -0.479. The van der Waals surface area contributed by atoms with E-state index >= 15 is 0 Å². The van der Waals surface area contributed by atoms with Crippen LogP contribution in [0.25, 0.3) is 0 Å². The molecule has 8 heteroatoms. The molecule has 1 N–H and O–H groups in total. The normalized spacial score (nSPS) is 23.3. The zero-order valence-electron chi connectivity index (χ0n) is 17.0. The number of nitrogens with zero attached hydrogens (tertiary/aromatic N) is 2. The lowest BCUT2D eigenvalue weighted by molar-refractivity contribution is -0.302. The number of carbonyl (C=O) groups excluding carboxylic acids is 1. The summed E-state index contributed by atoms with van der Waals surface area (Å²) in [6, 6.07) is 3.74. The maximum atomic E-state index is 13.7. The summed E-state index contributed by atoms with van der Waals surface area (Å²) < 4.78 is 46.6. The molecule has 3 rings (SSSR count). The number of aryl methyl sites for hydroxylation is 3. The molecule has 0 aromatic heterocycles. The van der Waals surface area contributed by atoms with Crippen LogP contribution in [0.1, 0.15) is 55.2 Å². The lowest BCUT2D eigenvalue weighted by Crippen LogP contribution is -2.57. The number of alkyl halides is 3. The Morgan fingerprint density at radius 3 is 2.34 bits per heavy atom. The highest BCUT2D eigenvalue weighted by Gasteiger charge is 2.63. The predicted molar refractivity (Wildman–Crippen MR) is 103 cm³/mol. The number of rotatable bonds is 4. The van der Waals surface area contributed by atoms with Gasteiger partial charge in [-0.25, -0.2) is 0 Å². The topological polar surface area (TPSA) is 62.1 Å². The molecule has 1 aliphatic carbocycles. The first-order valence-electron chi connectivity index (χ1n) is 9.93. The van der Waals surface area contributed by atoms with Crippen molar-refractivity contribution in [1.82, 2.24) is 5.01 Å². The molecule has 1 fully saturated rings. The molecular weight excluding hydrogens is 385 g/mol. The Morgan fingerprint density at radius 1 is 1.21 bits per heavy atom. The van der Waals surface area contributed by atoms with Gasteiger partial charge in [0.25, 0.3) is 11.6 Å². The maximum absolute atomic E-state index is 13.7. The molecule has 0 bridgehead atoms. The number of hydrogen-bond acceptors (Lipinski definition) is 4. The van der Waals surface area contributed by atoms with Crippen molar-refractivity contribution >= 4 is 11.6 Å². The van der Waals surface area contributed by atoms with Gasteiger partial charge >= 0.3 is 6.18 Å². The van der Waals surface area contributed by atoms with Gasteiger partial charge < -0.3 is 9.84 Å². The molecule has 1 aromatic carbocycles. The van der Waals surface area contributed by atoms with Gasteiger partial charge in [-0.1, -0.05) is 37.0 Å². The SMILES string of the molecule is Cc1cc(C)c(OCC(=O)N2N=C(C3CCCCC3)CC2(O)C(F)(F)F)c(C)c1. The van der Waals surface area contributed by atoms with E-state index in [1.165, 1.54) is 0 Å².